The van der Waals surface area contributed by atoms with E-state index in [1.54, 1.807) is 0 Å². The molecule has 0 unspecified atom stereocenters. The van der Waals surface area contributed by atoms with Crippen LogP contribution in [0.4, 0.5) is 0 Å². The smallest absolute Gasteiger partial charge is 0.00117 e. The third kappa shape index (κ3) is 1.14. The molecule has 2 fully saturated rings. The topological polar surface area (TPSA) is 12.0 Å². The molecule has 66 valence electrons. The number of hydrogen-bond donors (Lipinski definition) is 1. The number of piperidine rings is 1. The van der Waals surface area contributed by atoms with Crippen LogP contribution in [0.1, 0.15) is 32.1 Å². The van der Waals surface area contributed by atoms with E-state index in [2.05, 4.69) is 17.6 Å². The van der Waals surface area contributed by atoms with Crippen molar-refractivity contribution in [1.29, 1.82) is 0 Å². The number of rotatable bonds is 0. The predicted octanol–water partition coefficient (Wildman–Crippen LogP) is 2.25. The molecule has 1 aliphatic carbocycles. The second-order valence-electron chi connectivity index (χ2n) is 4.04. The van der Waals surface area contributed by atoms with Gasteiger partial charge in [-0.2, -0.15) is 0 Å². The van der Waals surface area contributed by atoms with E-state index >= 15 is 0 Å². The lowest BCUT2D eigenvalue weighted by Crippen LogP contribution is -2.35. The molecule has 0 bridgehead atoms. The van der Waals surface area contributed by atoms with E-state index in [4.69, 9.17) is 0 Å². The molecule has 2 aliphatic rings. The minimum atomic E-state index is 0.521. The van der Waals surface area contributed by atoms with Crippen LogP contribution in [0.15, 0.2) is 17.9 Å². The first-order valence-corrected chi connectivity index (χ1v) is 4.97. The highest BCUT2D eigenvalue weighted by Gasteiger charge is 2.38. The second kappa shape index (κ2) is 3.08. The van der Waals surface area contributed by atoms with Gasteiger partial charge in [0.2, 0.25) is 0 Å². The van der Waals surface area contributed by atoms with Gasteiger partial charge in [-0.15, -0.1) is 5.73 Å². The van der Waals surface area contributed by atoms with Crippen LogP contribution >= 0.6 is 0 Å². The molecule has 12 heavy (non-hydrogen) atoms. The van der Waals surface area contributed by atoms with Crippen molar-refractivity contribution in [2.24, 2.45) is 5.41 Å². The summed E-state index contributed by atoms with van der Waals surface area (Å²) in [7, 11) is 0. The first-order valence-electron chi connectivity index (χ1n) is 4.97. The highest BCUT2D eigenvalue weighted by Crippen LogP contribution is 2.48. The highest BCUT2D eigenvalue weighted by atomic mass is 14.9. The van der Waals surface area contributed by atoms with Crippen LogP contribution in [0.25, 0.3) is 0 Å². The third-order valence-corrected chi connectivity index (χ3v) is 3.50. The third-order valence-electron chi connectivity index (χ3n) is 3.50. The molecule has 1 aliphatic heterocycles. The molecule has 1 heterocycles. The van der Waals surface area contributed by atoms with Crippen molar-refractivity contribution >= 4 is 0 Å². The molecule has 1 heteroatoms. The van der Waals surface area contributed by atoms with Gasteiger partial charge in [0.1, 0.15) is 0 Å². The van der Waals surface area contributed by atoms with Crippen molar-refractivity contribution in [2.75, 3.05) is 13.1 Å². The zero-order valence-corrected chi connectivity index (χ0v) is 7.66. The fraction of sp³-hybridized carbons (Fsp3) is 0.727. The molecule has 1 saturated heterocycles. The normalized spacial score (nSPS) is 27.5. The summed E-state index contributed by atoms with van der Waals surface area (Å²) in [4.78, 5) is 0. The van der Waals surface area contributed by atoms with E-state index in [-0.39, 0.29) is 0 Å². The van der Waals surface area contributed by atoms with E-state index in [0.717, 1.165) is 0 Å². The lowest BCUT2D eigenvalue weighted by molar-refractivity contribution is 0.261. The second-order valence-corrected chi connectivity index (χ2v) is 4.04. The fourth-order valence-corrected chi connectivity index (χ4v) is 2.75. The monoisotopic (exact) mass is 163 g/mol. The van der Waals surface area contributed by atoms with Crippen LogP contribution in [0, 0.1) is 5.41 Å². The van der Waals surface area contributed by atoms with Gasteiger partial charge >= 0.3 is 0 Å². The maximum Gasteiger partial charge on any atom is 0.00117 e. The van der Waals surface area contributed by atoms with E-state index in [0.29, 0.717) is 5.41 Å². The van der Waals surface area contributed by atoms with Crippen LogP contribution in [-0.2, 0) is 0 Å². The zero-order valence-electron chi connectivity index (χ0n) is 7.66. The zero-order chi connectivity index (χ0) is 8.44. The Morgan fingerprint density at radius 1 is 1.25 bits per heavy atom. The molecular weight excluding hydrogens is 146 g/mol. The molecule has 0 aromatic rings. The van der Waals surface area contributed by atoms with E-state index in [1.165, 1.54) is 50.8 Å². The van der Waals surface area contributed by atoms with Gasteiger partial charge in [0.15, 0.2) is 0 Å². The molecule has 1 nitrogen and oxygen atoms in total. The van der Waals surface area contributed by atoms with Crippen LogP contribution in [0.3, 0.4) is 0 Å². The molecule has 0 aromatic heterocycles. The number of hydrogen-bond acceptors (Lipinski definition) is 1. The van der Waals surface area contributed by atoms with E-state index < -0.39 is 0 Å². The van der Waals surface area contributed by atoms with Crippen molar-refractivity contribution in [3.63, 3.8) is 0 Å². The van der Waals surface area contributed by atoms with Gasteiger partial charge in [0, 0.05) is 5.41 Å². The summed E-state index contributed by atoms with van der Waals surface area (Å²) in [5, 5.41) is 3.42. The largest absolute Gasteiger partial charge is 0.317 e. The summed E-state index contributed by atoms with van der Waals surface area (Å²) in [6.45, 7) is 6.18. The Kier molecular flexibility index (Phi) is 2.08. The van der Waals surface area contributed by atoms with Gasteiger partial charge in [-0.05, 0) is 50.8 Å². The predicted molar refractivity (Wildman–Crippen MR) is 51.0 cm³/mol. The standard InChI is InChI=1S/C11H17N/c1-2-10-4-3-5-11(10)6-8-12-9-7-11/h12H,1,3-9H2. The molecule has 1 spiro atoms. The molecule has 0 aromatic carbocycles. The molecule has 1 N–H and O–H groups in total. The Morgan fingerprint density at radius 3 is 2.67 bits per heavy atom. The number of nitrogens with one attached hydrogen (secondary N) is 1. The van der Waals surface area contributed by atoms with Crippen LogP contribution in [0.2, 0.25) is 0 Å². The van der Waals surface area contributed by atoms with Crippen LogP contribution in [0.5, 0.6) is 0 Å². The lowest BCUT2D eigenvalue weighted by Gasteiger charge is -2.34. The Morgan fingerprint density at radius 2 is 2.00 bits per heavy atom. The van der Waals surface area contributed by atoms with Gasteiger partial charge in [-0.3, -0.25) is 0 Å². The maximum absolute atomic E-state index is 3.81. The molecule has 2 rings (SSSR count). The molecule has 0 amide bonds. The average molecular weight is 163 g/mol. The maximum atomic E-state index is 3.81. The van der Waals surface area contributed by atoms with Gasteiger partial charge in [-0.1, -0.05) is 6.58 Å². The number of allylic oxidation sites excluding steroid dienone is 1. The quantitative estimate of drug-likeness (QED) is 0.540. The van der Waals surface area contributed by atoms with Crippen molar-refractivity contribution in [2.45, 2.75) is 32.1 Å². The summed E-state index contributed by atoms with van der Waals surface area (Å²) < 4.78 is 0. The Bertz CT molecular complexity index is 217. The first-order chi connectivity index (χ1) is 5.87. The summed E-state index contributed by atoms with van der Waals surface area (Å²) in [5.74, 6) is 0. The van der Waals surface area contributed by atoms with Crippen molar-refractivity contribution in [3.05, 3.63) is 17.9 Å². The van der Waals surface area contributed by atoms with Crippen molar-refractivity contribution in [3.8, 4) is 0 Å². The van der Waals surface area contributed by atoms with Crippen LogP contribution in [-0.4, -0.2) is 13.1 Å². The van der Waals surface area contributed by atoms with Gasteiger partial charge in [0.05, 0.1) is 0 Å². The lowest BCUT2D eigenvalue weighted by atomic mass is 9.75. The molecule has 0 radical (unpaired) electrons. The van der Waals surface area contributed by atoms with E-state index in [1.807, 2.05) is 0 Å². The Hall–Kier alpha value is -0.520. The minimum Gasteiger partial charge on any atom is -0.317 e. The SMILES string of the molecule is C=C=C1CCCC12CCNCC2. The summed E-state index contributed by atoms with van der Waals surface area (Å²) in [6, 6.07) is 0. The first kappa shape index (κ1) is 8.10. The molecule has 0 atom stereocenters. The van der Waals surface area contributed by atoms with Gasteiger partial charge in [0.25, 0.3) is 0 Å². The summed E-state index contributed by atoms with van der Waals surface area (Å²) >= 11 is 0. The molecular formula is C11H17N. The average Bonchev–Trinajstić information content (AvgIpc) is 2.49. The Balaban J connectivity index is 2.22. The van der Waals surface area contributed by atoms with Gasteiger partial charge < -0.3 is 5.32 Å². The van der Waals surface area contributed by atoms with Crippen molar-refractivity contribution in [1.82, 2.24) is 5.32 Å². The summed E-state index contributed by atoms with van der Waals surface area (Å²) in [5.41, 5.74) is 5.20. The highest BCUT2D eigenvalue weighted by molar-refractivity contribution is 5.18. The van der Waals surface area contributed by atoms with E-state index in [9.17, 15) is 0 Å². The fourth-order valence-electron chi connectivity index (χ4n) is 2.75. The van der Waals surface area contributed by atoms with Crippen molar-refractivity contribution < 1.29 is 0 Å². The molecule has 1 saturated carbocycles. The van der Waals surface area contributed by atoms with Gasteiger partial charge in [-0.25, -0.2) is 0 Å². The Labute approximate surface area is 74.5 Å². The minimum absolute atomic E-state index is 0.521. The summed E-state index contributed by atoms with van der Waals surface area (Å²) in [6.07, 6.45) is 6.61. The van der Waals surface area contributed by atoms with Crippen LogP contribution < -0.4 is 5.32 Å².